The van der Waals surface area contributed by atoms with E-state index in [1.165, 1.54) is 6.42 Å². The highest BCUT2D eigenvalue weighted by Crippen LogP contribution is 2.16. The van der Waals surface area contributed by atoms with Gasteiger partial charge in [-0.3, -0.25) is 4.79 Å². The first-order chi connectivity index (χ1) is 7.79. The average Bonchev–Trinajstić information content (AvgIpc) is 2.39. The van der Waals surface area contributed by atoms with Crippen LogP contribution in [0.5, 0.6) is 0 Å². The predicted molar refractivity (Wildman–Crippen MR) is 62.6 cm³/mol. The molecule has 1 aliphatic rings. The summed E-state index contributed by atoms with van der Waals surface area (Å²) in [6.45, 7) is 1.71. The van der Waals surface area contributed by atoms with Gasteiger partial charge in [-0.05, 0) is 30.9 Å². The van der Waals surface area contributed by atoms with Gasteiger partial charge in [-0.2, -0.15) is 0 Å². The molecule has 1 aromatic rings. The Bertz CT molecular complexity index is 344. The Labute approximate surface area is 96.2 Å². The number of rotatable bonds is 2. The minimum absolute atomic E-state index is 0.0471. The molecule has 85 valence electrons. The lowest BCUT2D eigenvalue weighted by molar-refractivity contribution is -0.133. The highest BCUT2D eigenvalue weighted by atomic mass is 16.2. The van der Waals surface area contributed by atoms with Gasteiger partial charge in [-0.25, -0.2) is 0 Å². The van der Waals surface area contributed by atoms with Crippen molar-refractivity contribution in [2.45, 2.75) is 25.3 Å². The summed E-state index contributed by atoms with van der Waals surface area (Å²) in [5.74, 6) is 0.0471. The van der Waals surface area contributed by atoms with E-state index < -0.39 is 6.04 Å². The monoisotopic (exact) mass is 217 g/mol. The van der Waals surface area contributed by atoms with E-state index in [-0.39, 0.29) is 5.91 Å². The molecule has 0 aromatic heterocycles. The number of hydrogen-bond donors (Lipinski definition) is 1. The molecule has 3 heteroatoms. The van der Waals surface area contributed by atoms with Crippen molar-refractivity contribution >= 4 is 5.91 Å². The van der Waals surface area contributed by atoms with Crippen LogP contribution in [0.1, 0.15) is 30.9 Å². The van der Waals surface area contributed by atoms with Crippen LogP contribution in [0.25, 0.3) is 0 Å². The average molecular weight is 217 g/mol. The molecule has 16 heavy (non-hydrogen) atoms. The second-order valence-electron chi connectivity index (χ2n) is 4.20. The molecule has 2 rings (SSSR count). The van der Waals surface area contributed by atoms with Crippen molar-refractivity contribution in [1.29, 1.82) is 0 Å². The Morgan fingerprint density at radius 2 is 1.88 bits per heavy atom. The summed E-state index contributed by atoms with van der Waals surface area (Å²) in [6, 6.07) is 9.69. The third-order valence-electron chi connectivity index (χ3n) is 3.04. The molecule has 1 aliphatic heterocycles. The van der Waals surface area contributed by atoms with Crippen molar-refractivity contribution < 1.29 is 4.79 Å². The number of amides is 1. The quantitative estimate of drug-likeness (QED) is 0.816. The number of likely N-dealkylation sites (tertiary alicyclic amines) is 1. The van der Waals surface area contributed by atoms with Crippen molar-refractivity contribution in [2.24, 2.45) is 5.73 Å². The number of nitrogens with two attached hydrogens (primary N) is 1. The second kappa shape index (κ2) is 5.12. The Hall–Kier alpha value is -1.35. The van der Waals surface area contributed by atoms with E-state index in [9.17, 15) is 4.79 Å². The third kappa shape index (κ3) is 2.42. The number of nitrogens with zero attached hydrogens (tertiary/aromatic N) is 1. The number of hydrogen-bond acceptors (Lipinski definition) is 2. The normalized spacial score (nSPS) is 18.2. The molecular formula is C13H17N2O. The number of carbonyl (C=O) groups excluding carboxylic acids is 1. The molecule has 3 nitrogen and oxygen atoms in total. The van der Waals surface area contributed by atoms with Gasteiger partial charge in [0.05, 0.1) is 0 Å². The first-order valence-electron chi connectivity index (χ1n) is 5.79. The zero-order valence-corrected chi connectivity index (χ0v) is 9.36. The summed E-state index contributed by atoms with van der Waals surface area (Å²) >= 11 is 0. The maximum atomic E-state index is 12.1. The third-order valence-corrected chi connectivity index (χ3v) is 3.04. The maximum absolute atomic E-state index is 12.1. The van der Waals surface area contributed by atoms with Crippen LogP contribution < -0.4 is 5.73 Å². The van der Waals surface area contributed by atoms with Gasteiger partial charge < -0.3 is 10.6 Å². The molecule has 0 saturated carbocycles. The lowest BCUT2D eigenvalue weighted by Crippen LogP contribution is -2.41. The lowest BCUT2D eigenvalue weighted by Gasteiger charge is -2.29. The van der Waals surface area contributed by atoms with Crippen LogP contribution in [0.4, 0.5) is 0 Å². The molecule has 1 aromatic carbocycles. The predicted octanol–water partition coefficient (Wildman–Crippen LogP) is 1.50. The molecule has 1 heterocycles. The molecular weight excluding hydrogens is 200 g/mol. The number of benzene rings is 1. The van der Waals surface area contributed by atoms with Crippen LogP contribution >= 0.6 is 0 Å². The van der Waals surface area contributed by atoms with E-state index in [2.05, 4.69) is 6.07 Å². The van der Waals surface area contributed by atoms with Crippen LogP contribution in [0.2, 0.25) is 0 Å². The zero-order chi connectivity index (χ0) is 11.4. The van der Waals surface area contributed by atoms with Gasteiger partial charge in [0.25, 0.3) is 0 Å². The molecule has 1 amide bonds. The van der Waals surface area contributed by atoms with Gasteiger partial charge in [0.1, 0.15) is 6.04 Å². The van der Waals surface area contributed by atoms with E-state index in [4.69, 9.17) is 5.73 Å². The van der Waals surface area contributed by atoms with Gasteiger partial charge in [-0.15, -0.1) is 0 Å². The van der Waals surface area contributed by atoms with Gasteiger partial charge in [-0.1, -0.05) is 24.3 Å². The summed E-state index contributed by atoms with van der Waals surface area (Å²) in [5, 5.41) is 0. The maximum Gasteiger partial charge on any atom is 0.244 e. The van der Waals surface area contributed by atoms with Crippen LogP contribution in [0, 0.1) is 6.07 Å². The number of carbonyl (C=O) groups is 1. The minimum Gasteiger partial charge on any atom is -0.341 e. The largest absolute Gasteiger partial charge is 0.341 e. The Kier molecular flexibility index (Phi) is 3.57. The molecule has 0 bridgehead atoms. The summed E-state index contributed by atoms with van der Waals surface area (Å²) < 4.78 is 0. The molecule has 2 N–H and O–H groups in total. The van der Waals surface area contributed by atoms with Crippen LogP contribution in [0.15, 0.2) is 24.3 Å². The first-order valence-corrected chi connectivity index (χ1v) is 5.79. The van der Waals surface area contributed by atoms with Gasteiger partial charge in [0.15, 0.2) is 0 Å². The van der Waals surface area contributed by atoms with Crippen molar-refractivity contribution in [1.82, 2.24) is 4.90 Å². The Balaban J connectivity index is 2.04. The fraction of sp³-hybridized carbons (Fsp3) is 0.462. The summed E-state index contributed by atoms with van der Waals surface area (Å²) in [6.07, 6.45) is 3.42. The number of piperidine rings is 1. The zero-order valence-electron chi connectivity index (χ0n) is 9.36. The SMILES string of the molecule is NC(C(=O)N1CCCCC1)c1cc[c]cc1. The molecule has 1 fully saturated rings. The Morgan fingerprint density at radius 1 is 1.25 bits per heavy atom. The highest BCUT2D eigenvalue weighted by Gasteiger charge is 2.23. The summed E-state index contributed by atoms with van der Waals surface area (Å²) in [4.78, 5) is 14.0. The minimum atomic E-state index is -0.521. The summed E-state index contributed by atoms with van der Waals surface area (Å²) in [5.41, 5.74) is 6.83. The first kappa shape index (κ1) is 11.1. The topological polar surface area (TPSA) is 46.3 Å². The molecule has 1 unspecified atom stereocenters. The molecule has 1 saturated heterocycles. The van der Waals surface area contributed by atoms with E-state index in [1.54, 1.807) is 12.1 Å². The van der Waals surface area contributed by atoms with Crippen molar-refractivity contribution in [3.63, 3.8) is 0 Å². The molecule has 0 spiro atoms. The van der Waals surface area contributed by atoms with E-state index in [1.807, 2.05) is 17.0 Å². The van der Waals surface area contributed by atoms with Crippen molar-refractivity contribution in [3.05, 3.63) is 35.9 Å². The fourth-order valence-electron chi connectivity index (χ4n) is 2.06. The van der Waals surface area contributed by atoms with E-state index in [0.29, 0.717) is 0 Å². The van der Waals surface area contributed by atoms with Crippen molar-refractivity contribution in [2.75, 3.05) is 13.1 Å². The summed E-state index contributed by atoms with van der Waals surface area (Å²) in [7, 11) is 0. The smallest absolute Gasteiger partial charge is 0.244 e. The fourth-order valence-corrected chi connectivity index (χ4v) is 2.06. The molecule has 0 aliphatic carbocycles. The van der Waals surface area contributed by atoms with Crippen molar-refractivity contribution in [3.8, 4) is 0 Å². The molecule has 1 radical (unpaired) electrons. The molecule has 1 atom stereocenters. The van der Waals surface area contributed by atoms with Gasteiger partial charge >= 0.3 is 0 Å². The van der Waals surface area contributed by atoms with E-state index in [0.717, 1.165) is 31.5 Å². The Morgan fingerprint density at radius 3 is 2.50 bits per heavy atom. The van der Waals surface area contributed by atoms with Gasteiger partial charge in [0.2, 0.25) is 5.91 Å². The highest BCUT2D eigenvalue weighted by molar-refractivity contribution is 5.83. The van der Waals surface area contributed by atoms with Crippen LogP contribution in [-0.4, -0.2) is 23.9 Å². The second-order valence-corrected chi connectivity index (χ2v) is 4.20. The van der Waals surface area contributed by atoms with Crippen LogP contribution in [0.3, 0.4) is 0 Å². The standard InChI is InChI=1S/C13H17N2O/c14-12(11-7-3-1-4-8-11)13(16)15-9-5-2-6-10-15/h3-4,7-8,12H,2,5-6,9-10,14H2. The lowest BCUT2D eigenvalue weighted by atomic mass is 10.0. The van der Waals surface area contributed by atoms with Crippen LogP contribution in [-0.2, 0) is 4.79 Å². The van der Waals surface area contributed by atoms with Gasteiger partial charge in [0, 0.05) is 13.1 Å². The van der Waals surface area contributed by atoms with E-state index >= 15 is 0 Å².